The van der Waals surface area contributed by atoms with E-state index >= 15 is 0 Å². The molecule has 0 aliphatic heterocycles. The lowest BCUT2D eigenvalue weighted by molar-refractivity contribution is -0.291. The van der Waals surface area contributed by atoms with Gasteiger partial charge in [-0.15, -0.1) is 10.2 Å². The lowest BCUT2D eigenvalue weighted by Crippen LogP contribution is -2.34. The van der Waals surface area contributed by atoms with Crippen LogP contribution in [-0.4, -0.2) is 25.9 Å². The minimum atomic E-state index is -5.71. The van der Waals surface area contributed by atoms with Gasteiger partial charge in [-0.2, -0.15) is 22.0 Å². The zero-order valence-corrected chi connectivity index (χ0v) is 9.26. The number of hydrogen-bond acceptors (Lipinski definition) is 3. The van der Waals surface area contributed by atoms with E-state index in [9.17, 15) is 22.0 Å². The molecule has 0 fully saturated rings. The van der Waals surface area contributed by atoms with Gasteiger partial charge in [0, 0.05) is 7.05 Å². The molecule has 0 atom stereocenters. The van der Waals surface area contributed by atoms with E-state index in [1.165, 1.54) is 4.57 Å². The third kappa shape index (κ3) is 1.70. The van der Waals surface area contributed by atoms with Gasteiger partial charge in [0.05, 0.1) is 0 Å². The average Bonchev–Trinajstić information content (AvgIpc) is 2.53. The molecule has 0 aromatic carbocycles. The second-order valence-corrected chi connectivity index (χ2v) is 3.73. The number of aryl methyl sites for hydroxylation is 2. The molecule has 2 heterocycles. The molecule has 0 saturated heterocycles. The number of imidazole rings is 1. The monoisotopic (exact) mass is 266 g/mol. The standard InChI is InChI=1S/C9H7F5N4/c1-4-15-5-3-6(8(10,11)9(12,13)14)16-17-7(5)18(4)2/h3H,1-2H3. The molecule has 0 spiro atoms. The molecule has 0 radical (unpaired) electrons. The summed E-state index contributed by atoms with van der Waals surface area (Å²) >= 11 is 0. The third-order valence-corrected chi connectivity index (χ3v) is 2.52. The van der Waals surface area contributed by atoms with E-state index in [4.69, 9.17) is 0 Å². The fraction of sp³-hybridized carbons (Fsp3) is 0.444. The Morgan fingerprint density at radius 2 is 1.72 bits per heavy atom. The van der Waals surface area contributed by atoms with Crippen molar-refractivity contribution < 1.29 is 22.0 Å². The van der Waals surface area contributed by atoms with Gasteiger partial charge in [-0.1, -0.05) is 0 Å². The number of hydrogen-bond donors (Lipinski definition) is 0. The SMILES string of the molecule is Cc1nc2cc(C(F)(F)C(F)(F)F)nnc2n1C. The fourth-order valence-electron chi connectivity index (χ4n) is 1.40. The summed E-state index contributed by atoms with van der Waals surface area (Å²) in [6.45, 7) is 1.57. The van der Waals surface area contributed by atoms with E-state index in [0.29, 0.717) is 11.9 Å². The Morgan fingerprint density at radius 3 is 2.28 bits per heavy atom. The molecule has 0 aliphatic carbocycles. The zero-order valence-electron chi connectivity index (χ0n) is 9.26. The molecule has 98 valence electrons. The number of fused-ring (bicyclic) bond motifs is 1. The molecule has 18 heavy (non-hydrogen) atoms. The predicted octanol–water partition coefficient (Wildman–Crippen LogP) is 2.33. The highest BCUT2D eigenvalue weighted by Gasteiger charge is 2.60. The first-order valence-corrected chi connectivity index (χ1v) is 4.76. The maximum absolute atomic E-state index is 13.0. The molecule has 2 aromatic heterocycles. The first-order chi connectivity index (χ1) is 8.14. The summed E-state index contributed by atoms with van der Waals surface area (Å²) in [5, 5.41) is 6.29. The molecule has 0 saturated carbocycles. The van der Waals surface area contributed by atoms with Gasteiger partial charge in [-0.25, -0.2) is 4.98 Å². The van der Waals surface area contributed by atoms with Crippen molar-refractivity contribution in [3.63, 3.8) is 0 Å². The minimum absolute atomic E-state index is 0.0519. The van der Waals surface area contributed by atoms with Crippen molar-refractivity contribution in [3.05, 3.63) is 17.6 Å². The Bertz CT molecular complexity index is 601. The zero-order chi connectivity index (χ0) is 13.7. The molecule has 0 N–H and O–H groups in total. The highest BCUT2D eigenvalue weighted by molar-refractivity contribution is 5.71. The first kappa shape index (κ1) is 12.7. The molecule has 0 amide bonds. The van der Waals surface area contributed by atoms with Crippen LogP contribution < -0.4 is 0 Å². The van der Waals surface area contributed by atoms with E-state index in [-0.39, 0.29) is 11.2 Å². The van der Waals surface area contributed by atoms with Crippen LogP contribution in [0.4, 0.5) is 22.0 Å². The number of nitrogens with zero attached hydrogens (tertiary/aromatic N) is 4. The van der Waals surface area contributed by atoms with Crippen molar-refractivity contribution in [2.45, 2.75) is 19.0 Å². The van der Waals surface area contributed by atoms with Crippen LogP contribution >= 0.6 is 0 Å². The Balaban J connectivity index is 2.61. The second-order valence-electron chi connectivity index (χ2n) is 3.73. The Morgan fingerprint density at radius 1 is 1.11 bits per heavy atom. The lowest BCUT2D eigenvalue weighted by Gasteiger charge is -2.17. The van der Waals surface area contributed by atoms with Crippen LogP contribution in [-0.2, 0) is 13.0 Å². The van der Waals surface area contributed by atoms with Crippen molar-refractivity contribution in [2.24, 2.45) is 7.05 Å². The molecular formula is C9H7F5N4. The quantitative estimate of drug-likeness (QED) is 0.744. The van der Waals surface area contributed by atoms with Crippen molar-refractivity contribution in [3.8, 4) is 0 Å². The van der Waals surface area contributed by atoms with E-state index < -0.39 is 17.8 Å². The smallest absolute Gasteiger partial charge is 0.315 e. The lowest BCUT2D eigenvalue weighted by atomic mass is 10.2. The topological polar surface area (TPSA) is 43.6 Å². The molecule has 0 bridgehead atoms. The number of halogens is 5. The summed E-state index contributed by atoms with van der Waals surface area (Å²) in [5.41, 5.74) is -1.36. The van der Waals surface area contributed by atoms with Crippen LogP contribution in [0.1, 0.15) is 11.5 Å². The summed E-state index contributed by atoms with van der Waals surface area (Å²) in [7, 11) is 1.56. The van der Waals surface area contributed by atoms with Crippen LogP contribution in [0, 0.1) is 6.92 Å². The summed E-state index contributed by atoms with van der Waals surface area (Å²) in [6, 6.07) is 0.600. The maximum Gasteiger partial charge on any atom is 0.459 e. The first-order valence-electron chi connectivity index (χ1n) is 4.76. The van der Waals surface area contributed by atoms with Crippen molar-refractivity contribution in [1.82, 2.24) is 19.7 Å². The van der Waals surface area contributed by atoms with E-state index in [0.717, 1.165) is 0 Å². The highest BCUT2D eigenvalue weighted by atomic mass is 19.4. The molecule has 2 aromatic rings. The van der Waals surface area contributed by atoms with Gasteiger partial charge in [-0.05, 0) is 13.0 Å². The van der Waals surface area contributed by atoms with Crippen LogP contribution in [0.15, 0.2) is 6.07 Å². The van der Waals surface area contributed by atoms with Gasteiger partial charge in [-0.3, -0.25) is 0 Å². The van der Waals surface area contributed by atoms with Gasteiger partial charge in [0.15, 0.2) is 5.65 Å². The van der Waals surface area contributed by atoms with Gasteiger partial charge in [0.1, 0.15) is 17.0 Å². The highest BCUT2D eigenvalue weighted by Crippen LogP contribution is 2.43. The van der Waals surface area contributed by atoms with Gasteiger partial charge in [0.2, 0.25) is 0 Å². The van der Waals surface area contributed by atoms with Gasteiger partial charge in [0.25, 0.3) is 0 Å². The molecule has 0 unspecified atom stereocenters. The number of alkyl halides is 5. The summed E-state index contributed by atoms with van der Waals surface area (Å²) in [5.74, 6) is -4.61. The van der Waals surface area contributed by atoms with E-state index in [2.05, 4.69) is 15.2 Å². The summed E-state index contributed by atoms with van der Waals surface area (Å²) in [6.07, 6.45) is -5.71. The molecule has 9 heteroatoms. The Hall–Kier alpha value is -1.80. The molecule has 2 rings (SSSR count). The average molecular weight is 266 g/mol. The molecular weight excluding hydrogens is 259 g/mol. The Kier molecular flexibility index (Phi) is 2.53. The van der Waals surface area contributed by atoms with E-state index in [1.54, 1.807) is 14.0 Å². The summed E-state index contributed by atoms with van der Waals surface area (Å²) in [4.78, 5) is 3.83. The van der Waals surface area contributed by atoms with Crippen LogP contribution in [0.5, 0.6) is 0 Å². The van der Waals surface area contributed by atoms with Crippen molar-refractivity contribution >= 4 is 11.2 Å². The molecule has 0 aliphatic rings. The van der Waals surface area contributed by atoms with Crippen molar-refractivity contribution in [1.29, 1.82) is 0 Å². The molecule has 4 nitrogen and oxygen atoms in total. The number of aromatic nitrogens is 4. The maximum atomic E-state index is 13.0. The predicted molar refractivity (Wildman–Crippen MR) is 51.0 cm³/mol. The Labute approximate surface area is 97.4 Å². The normalized spacial score (nSPS) is 13.3. The minimum Gasteiger partial charge on any atom is -0.315 e. The number of rotatable bonds is 1. The van der Waals surface area contributed by atoms with Gasteiger partial charge >= 0.3 is 12.1 Å². The third-order valence-electron chi connectivity index (χ3n) is 2.52. The fourth-order valence-corrected chi connectivity index (χ4v) is 1.40. The largest absolute Gasteiger partial charge is 0.459 e. The second kappa shape index (κ2) is 3.59. The van der Waals surface area contributed by atoms with Crippen LogP contribution in [0.25, 0.3) is 11.2 Å². The van der Waals surface area contributed by atoms with E-state index in [1.807, 2.05) is 0 Å². The van der Waals surface area contributed by atoms with Crippen LogP contribution in [0.3, 0.4) is 0 Å². The summed E-state index contributed by atoms with van der Waals surface area (Å²) < 4.78 is 64.0. The van der Waals surface area contributed by atoms with Gasteiger partial charge < -0.3 is 4.57 Å². The van der Waals surface area contributed by atoms with Crippen LogP contribution in [0.2, 0.25) is 0 Å². The van der Waals surface area contributed by atoms with Crippen molar-refractivity contribution in [2.75, 3.05) is 0 Å².